The van der Waals surface area contributed by atoms with E-state index in [4.69, 9.17) is 17.3 Å². The zero-order valence-electron chi connectivity index (χ0n) is 7.01. The number of carbonyl (C=O) groups excluding carboxylic acids is 1. The van der Waals surface area contributed by atoms with Crippen LogP contribution in [-0.4, -0.2) is 17.3 Å². The van der Waals surface area contributed by atoms with Gasteiger partial charge < -0.3 is 10.5 Å². The van der Waals surface area contributed by atoms with E-state index in [9.17, 15) is 18.0 Å². The number of hydrogen-bond acceptors (Lipinski definition) is 3. The maximum absolute atomic E-state index is 11.8. The van der Waals surface area contributed by atoms with Gasteiger partial charge in [-0.3, -0.25) is 4.79 Å². The van der Waals surface area contributed by atoms with Crippen LogP contribution < -0.4 is 10.5 Å². The van der Waals surface area contributed by atoms with Crippen LogP contribution in [0.4, 0.5) is 13.2 Å². The predicted octanol–water partition coefficient (Wildman–Crippen LogP) is 1.73. The highest BCUT2D eigenvalue weighted by Crippen LogP contribution is 2.31. The van der Waals surface area contributed by atoms with E-state index in [2.05, 4.69) is 9.72 Å². The Labute approximate surface area is 86.8 Å². The van der Waals surface area contributed by atoms with E-state index in [1.807, 2.05) is 0 Å². The normalized spacial score (nSPS) is 11.2. The first kappa shape index (κ1) is 11.6. The average molecular weight is 241 g/mol. The number of alkyl halides is 3. The van der Waals surface area contributed by atoms with Gasteiger partial charge in [0.25, 0.3) is 5.91 Å². The number of aromatic nitrogens is 1. The molecular formula is C7H4ClF3N2O2. The minimum Gasteiger partial charge on any atom is -0.404 e. The van der Waals surface area contributed by atoms with Crippen molar-refractivity contribution in [2.45, 2.75) is 6.36 Å². The molecule has 1 amide bonds. The van der Waals surface area contributed by atoms with Gasteiger partial charge >= 0.3 is 6.36 Å². The van der Waals surface area contributed by atoms with Gasteiger partial charge in [-0.05, 0) is 0 Å². The van der Waals surface area contributed by atoms with Crippen LogP contribution in [0.5, 0.6) is 5.75 Å². The molecule has 1 aromatic heterocycles. The third kappa shape index (κ3) is 2.98. The Morgan fingerprint density at radius 2 is 2.13 bits per heavy atom. The molecule has 0 fully saturated rings. The van der Waals surface area contributed by atoms with Crippen LogP contribution in [0.3, 0.4) is 0 Å². The lowest BCUT2D eigenvalue weighted by Crippen LogP contribution is -2.19. The topological polar surface area (TPSA) is 65.2 Å². The molecule has 8 heteroatoms. The van der Waals surface area contributed by atoms with Crippen LogP contribution in [0.25, 0.3) is 0 Å². The van der Waals surface area contributed by atoms with Crippen LogP contribution in [0.1, 0.15) is 10.5 Å². The molecule has 0 saturated carbocycles. The van der Waals surface area contributed by atoms with Gasteiger partial charge in [0, 0.05) is 12.3 Å². The van der Waals surface area contributed by atoms with Gasteiger partial charge in [0.2, 0.25) is 0 Å². The number of carbonyl (C=O) groups is 1. The van der Waals surface area contributed by atoms with Crippen molar-refractivity contribution in [3.63, 3.8) is 0 Å². The van der Waals surface area contributed by atoms with Gasteiger partial charge in [-0.2, -0.15) is 0 Å². The zero-order valence-corrected chi connectivity index (χ0v) is 7.76. The number of primary amides is 1. The fourth-order valence-corrected chi connectivity index (χ4v) is 1.04. The Balaban J connectivity index is 3.10. The van der Waals surface area contributed by atoms with Crippen molar-refractivity contribution < 1.29 is 22.7 Å². The maximum atomic E-state index is 11.8. The summed E-state index contributed by atoms with van der Waals surface area (Å²) in [4.78, 5) is 14.1. The van der Waals surface area contributed by atoms with Gasteiger partial charge in [-0.25, -0.2) is 4.98 Å². The predicted molar refractivity (Wildman–Crippen MR) is 44.4 cm³/mol. The van der Waals surface area contributed by atoms with Crippen molar-refractivity contribution in [1.29, 1.82) is 0 Å². The van der Waals surface area contributed by atoms with E-state index in [0.717, 1.165) is 12.3 Å². The van der Waals surface area contributed by atoms with Crippen molar-refractivity contribution in [2.24, 2.45) is 5.73 Å². The Morgan fingerprint density at radius 1 is 1.53 bits per heavy atom. The second-order valence-corrected chi connectivity index (χ2v) is 2.76. The monoisotopic (exact) mass is 240 g/mol. The third-order valence-electron chi connectivity index (χ3n) is 1.31. The molecule has 0 aliphatic carbocycles. The first-order chi connectivity index (χ1) is 6.81. The van der Waals surface area contributed by atoms with Gasteiger partial charge in [-0.15, -0.1) is 13.2 Å². The number of amides is 1. The standard InChI is InChI=1S/C7H4ClF3N2O2/c8-4-3(15-7(9,10)11)1-2-13-5(4)6(12)14/h1-2H,(H2,12,14). The summed E-state index contributed by atoms with van der Waals surface area (Å²) in [5.41, 5.74) is 4.35. The van der Waals surface area contributed by atoms with Crippen molar-refractivity contribution in [2.75, 3.05) is 0 Å². The third-order valence-corrected chi connectivity index (χ3v) is 1.68. The molecule has 0 unspecified atom stereocenters. The Kier molecular flexibility index (Phi) is 3.04. The van der Waals surface area contributed by atoms with E-state index in [1.54, 1.807) is 0 Å². The first-order valence-electron chi connectivity index (χ1n) is 3.51. The summed E-state index contributed by atoms with van der Waals surface area (Å²) in [6.07, 6.45) is -3.95. The molecule has 4 nitrogen and oxygen atoms in total. The number of halogens is 4. The zero-order chi connectivity index (χ0) is 11.6. The second kappa shape index (κ2) is 3.93. The van der Waals surface area contributed by atoms with Crippen LogP contribution in [0, 0.1) is 0 Å². The lowest BCUT2D eigenvalue weighted by Gasteiger charge is -2.10. The fraction of sp³-hybridized carbons (Fsp3) is 0.143. The summed E-state index contributed by atoms with van der Waals surface area (Å²) in [7, 11) is 0. The molecule has 15 heavy (non-hydrogen) atoms. The summed E-state index contributed by atoms with van der Waals surface area (Å²) < 4.78 is 39.1. The van der Waals surface area contributed by atoms with E-state index < -0.39 is 28.7 Å². The number of nitrogens with zero attached hydrogens (tertiary/aromatic N) is 1. The van der Waals surface area contributed by atoms with Crippen LogP contribution in [0.15, 0.2) is 12.3 Å². The highest BCUT2D eigenvalue weighted by molar-refractivity contribution is 6.34. The molecule has 0 atom stereocenters. The van der Waals surface area contributed by atoms with Crippen LogP contribution in [0.2, 0.25) is 5.02 Å². The number of rotatable bonds is 2. The molecule has 0 aliphatic heterocycles. The number of nitrogens with two attached hydrogens (primary N) is 1. The Morgan fingerprint density at radius 3 is 2.60 bits per heavy atom. The summed E-state index contributed by atoms with van der Waals surface area (Å²) in [5.74, 6) is -1.75. The maximum Gasteiger partial charge on any atom is 0.573 e. The Hall–Kier alpha value is -1.50. The summed E-state index contributed by atoms with van der Waals surface area (Å²) in [5, 5.41) is -0.567. The van der Waals surface area contributed by atoms with Crippen molar-refractivity contribution in [3.05, 3.63) is 23.0 Å². The smallest absolute Gasteiger partial charge is 0.404 e. The van der Waals surface area contributed by atoms with E-state index in [0.29, 0.717) is 0 Å². The highest BCUT2D eigenvalue weighted by Gasteiger charge is 2.32. The molecule has 1 aromatic rings. The fourth-order valence-electron chi connectivity index (χ4n) is 0.801. The van der Waals surface area contributed by atoms with Gasteiger partial charge in [-0.1, -0.05) is 11.6 Å². The molecule has 1 rings (SSSR count). The van der Waals surface area contributed by atoms with Crippen LogP contribution >= 0.6 is 11.6 Å². The molecule has 0 spiro atoms. The van der Waals surface area contributed by atoms with E-state index >= 15 is 0 Å². The van der Waals surface area contributed by atoms with Crippen molar-refractivity contribution in [1.82, 2.24) is 4.98 Å². The molecular weight excluding hydrogens is 237 g/mol. The second-order valence-electron chi connectivity index (χ2n) is 2.38. The summed E-state index contributed by atoms with van der Waals surface area (Å²) >= 11 is 5.42. The number of pyridine rings is 1. The highest BCUT2D eigenvalue weighted by atomic mass is 35.5. The first-order valence-corrected chi connectivity index (χ1v) is 3.89. The summed E-state index contributed by atoms with van der Waals surface area (Å²) in [6, 6.07) is 0.877. The number of ether oxygens (including phenoxy) is 1. The minimum atomic E-state index is -4.89. The quantitative estimate of drug-likeness (QED) is 0.856. The van der Waals surface area contributed by atoms with E-state index in [-0.39, 0.29) is 0 Å². The molecule has 0 aliphatic rings. The molecule has 1 heterocycles. The summed E-state index contributed by atoms with van der Waals surface area (Å²) in [6.45, 7) is 0. The van der Waals surface area contributed by atoms with E-state index in [1.165, 1.54) is 0 Å². The lowest BCUT2D eigenvalue weighted by molar-refractivity contribution is -0.274. The molecule has 0 aromatic carbocycles. The molecule has 0 bridgehead atoms. The van der Waals surface area contributed by atoms with Crippen molar-refractivity contribution >= 4 is 17.5 Å². The molecule has 0 saturated heterocycles. The van der Waals surface area contributed by atoms with Crippen molar-refractivity contribution in [3.8, 4) is 5.75 Å². The molecule has 2 N–H and O–H groups in total. The van der Waals surface area contributed by atoms with Gasteiger partial charge in [0.15, 0.2) is 5.75 Å². The average Bonchev–Trinajstić information content (AvgIpc) is 2.05. The lowest BCUT2D eigenvalue weighted by atomic mass is 10.3. The molecule has 0 radical (unpaired) electrons. The minimum absolute atomic E-state index is 0.474. The van der Waals surface area contributed by atoms with Crippen LogP contribution in [-0.2, 0) is 0 Å². The largest absolute Gasteiger partial charge is 0.573 e. The Bertz CT molecular complexity index is 394. The van der Waals surface area contributed by atoms with Gasteiger partial charge in [0.1, 0.15) is 10.7 Å². The molecule has 82 valence electrons. The van der Waals surface area contributed by atoms with Gasteiger partial charge in [0.05, 0.1) is 0 Å². The number of hydrogen-bond donors (Lipinski definition) is 1. The SMILES string of the molecule is NC(=O)c1nccc(OC(F)(F)F)c1Cl.